The van der Waals surface area contributed by atoms with Crippen molar-refractivity contribution in [1.82, 2.24) is 14.9 Å². The maximum atomic E-state index is 11.8. The molecule has 2 aromatic rings. The number of hydrogen-bond acceptors (Lipinski definition) is 6. The van der Waals surface area contributed by atoms with Crippen molar-refractivity contribution in [2.24, 2.45) is 0 Å². The lowest BCUT2D eigenvalue weighted by atomic mass is 10.1. The lowest BCUT2D eigenvalue weighted by molar-refractivity contribution is 0.0983. The monoisotopic (exact) mass is 381 g/mol. The van der Waals surface area contributed by atoms with Gasteiger partial charge in [-0.15, -0.1) is 0 Å². The third-order valence-corrected chi connectivity index (χ3v) is 5.45. The fourth-order valence-electron chi connectivity index (χ4n) is 4.07. The number of aromatic nitrogens is 2. The van der Waals surface area contributed by atoms with Gasteiger partial charge in [0.1, 0.15) is 5.82 Å². The lowest BCUT2D eigenvalue weighted by Gasteiger charge is -2.31. The smallest absolute Gasteiger partial charge is 0.409 e. The van der Waals surface area contributed by atoms with E-state index in [1.807, 2.05) is 19.2 Å². The number of amides is 1. The first-order valence-electron chi connectivity index (χ1n) is 10.0. The van der Waals surface area contributed by atoms with Gasteiger partial charge in [-0.2, -0.15) is 4.98 Å². The van der Waals surface area contributed by atoms with Gasteiger partial charge >= 0.3 is 6.09 Å². The maximum absolute atomic E-state index is 11.8. The Balaban J connectivity index is 1.42. The highest BCUT2D eigenvalue weighted by atomic mass is 16.6. The summed E-state index contributed by atoms with van der Waals surface area (Å²) in [7, 11) is 0. The largest absolute Gasteiger partial charge is 0.450 e. The Hall–Kier alpha value is -2.83. The second kappa shape index (κ2) is 8.04. The SMILES string of the molecule is CCOC(=O)N1CCC(Nc2nccc(N3c4ccccc4CC3C)n2)CC1. The number of carbonyl (C=O) groups excluding carboxylic acids is 1. The highest BCUT2D eigenvalue weighted by molar-refractivity contribution is 5.69. The molecule has 28 heavy (non-hydrogen) atoms. The number of rotatable bonds is 4. The van der Waals surface area contributed by atoms with E-state index in [-0.39, 0.29) is 12.1 Å². The summed E-state index contributed by atoms with van der Waals surface area (Å²) in [6.45, 7) is 5.84. The van der Waals surface area contributed by atoms with Gasteiger partial charge in [-0.05, 0) is 50.8 Å². The van der Waals surface area contributed by atoms with Crippen LogP contribution in [-0.4, -0.2) is 52.7 Å². The van der Waals surface area contributed by atoms with Crippen LogP contribution in [0.2, 0.25) is 0 Å². The van der Waals surface area contributed by atoms with Crippen LogP contribution in [0.1, 0.15) is 32.3 Å². The first-order chi connectivity index (χ1) is 13.7. The highest BCUT2D eigenvalue weighted by Crippen LogP contribution is 2.37. The first-order valence-corrected chi connectivity index (χ1v) is 10.0. The Morgan fingerprint density at radius 2 is 2.04 bits per heavy atom. The summed E-state index contributed by atoms with van der Waals surface area (Å²) in [5, 5.41) is 3.45. The van der Waals surface area contributed by atoms with Gasteiger partial charge in [-0.1, -0.05) is 18.2 Å². The third kappa shape index (κ3) is 3.74. The Labute approximate surface area is 165 Å². The number of para-hydroxylation sites is 1. The van der Waals surface area contributed by atoms with Crippen LogP contribution >= 0.6 is 0 Å². The molecule has 1 aromatic heterocycles. The van der Waals surface area contributed by atoms with Crippen LogP contribution in [0.25, 0.3) is 0 Å². The van der Waals surface area contributed by atoms with Gasteiger partial charge in [0.2, 0.25) is 5.95 Å². The topological polar surface area (TPSA) is 70.6 Å². The molecule has 2 aliphatic heterocycles. The molecular formula is C21H27N5O2. The number of piperidine rings is 1. The van der Waals surface area contributed by atoms with E-state index in [0.29, 0.717) is 31.7 Å². The van der Waals surface area contributed by atoms with Crippen LogP contribution in [-0.2, 0) is 11.2 Å². The number of ether oxygens (including phenoxy) is 1. The van der Waals surface area contributed by atoms with Crippen molar-refractivity contribution in [2.75, 3.05) is 29.9 Å². The molecule has 1 fully saturated rings. The summed E-state index contributed by atoms with van der Waals surface area (Å²) in [4.78, 5) is 25.1. The molecule has 148 valence electrons. The van der Waals surface area contributed by atoms with Gasteiger partial charge in [-0.3, -0.25) is 0 Å². The van der Waals surface area contributed by atoms with Crippen molar-refractivity contribution < 1.29 is 9.53 Å². The molecule has 7 nitrogen and oxygen atoms in total. The summed E-state index contributed by atoms with van der Waals surface area (Å²) >= 11 is 0. The van der Waals surface area contributed by atoms with Crippen LogP contribution in [0.15, 0.2) is 36.5 Å². The minimum Gasteiger partial charge on any atom is -0.450 e. The Bertz CT molecular complexity index is 835. The quantitative estimate of drug-likeness (QED) is 0.873. The minimum atomic E-state index is -0.221. The molecule has 3 heterocycles. The predicted molar refractivity (Wildman–Crippen MR) is 109 cm³/mol. The number of nitrogens with one attached hydrogen (secondary N) is 1. The van der Waals surface area contributed by atoms with Crippen molar-refractivity contribution in [3.8, 4) is 0 Å². The van der Waals surface area contributed by atoms with Crippen molar-refractivity contribution in [1.29, 1.82) is 0 Å². The van der Waals surface area contributed by atoms with Gasteiger partial charge in [0, 0.05) is 37.1 Å². The van der Waals surface area contributed by atoms with Gasteiger partial charge in [0.25, 0.3) is 0 Å². The molecule has 1 atom stereocenters. The molecule has 1 N–H and O–H groups in total. The molecule has 4 rings (SSSR count). The van der Waals surface area contributed by atoms with E-state index in [1.54, 1.807) is 4.90 Å². The molecule has 0 saturated carbocycles. The van der Waals surface area contributed by atoms with Gasteiger partial charge < -0.3 is 19.9 Å². The molecule has 1 amide bonds. The zero-order chi connectivity index (χ0) is 19.5. The number of carbonyl (C=O) groups is 1. The van der Waals surface area contributed by atoms with Crippen molar-refractivity contribution in [3.63, 3.8) is 0 Å². The van der Waals surface area contributed by atoms with Crippen LogP contribution in [0.3, 0.4) is 0 Å². The average Bonchev–Trinajstić information content (AvgIpc) is 3.04. The molecule has 0 radical (unpaired) electrons. The van der Waals surface area contributed by atoms with E-state index in [9.17, 15) is 4.79 Å². The molecule has 0 spiro atoms. The molecule has 1 aromatic carbocycles. The normalized spacial score (nSPS) is 19.4. The lowest BCUT2D eigenvalue weighted by Crippen LogP contribution is -2.42. The summed E-state index contributed by atoms with van der Waals surface area (Å²) in [6.07, 6.45) is 4.33. The second-order valence-corrected chi connectivity index (χ2v) is 7.39. The van der Waals surface area contributed by atoms with E-state index in [1.165, 1.54) is 11.3 Å². The maximum Gasteiger partial charge on any atom is 0.409 e. The minimum absolute atomic E-state index is 0.221. The number of nitrogens with zero attached hydrogens (tertiary/aromatic N) is 4. The molecule has 2 aliphatic rings. The number of fused-ring (bicyclic) bond motifs is 1. The van der Waals surface area contributed by atoms with Crippen molar-refractivity contribution in [3.05, 3.63) is 42.1 Å². The number of benzene rings is 1. The Morgan fingerprint density at radius 1 is 1.25 bits per heavy atom. The van der Waals surface area contributed by atoms with Crippen LogP contribution in [0, 0.1) is 0 Å². The number of likely N-dealkylation sites (tertiary alicyclic amines) is 1. The van der Waals surface area contributed by atoms with Gasteiger partial charge in [0.05, 0.1) is 6.61 Å². The molecule has 0 bridgehead atoms. The second-order valence-electron chi connectivity index (χ2n) is 7.39. The Kier molecular flexibility index (Phi) is 5.32. The van der Waals surface area contributed by atoms with Crippen LogP contribution in [0.4, 0.5) is 22.2 Å². The van der Waals surface area contributed by atoms with E-state index in [0.717, 1.165) is 25.1 Å². The summed E-state index contributed by atoms with van der Waals surface area (Å²) in [5.74, 6) is 1.56. The fourth-order valence-corrected chi connectivity index (χ4v) is 4.07. The third-order valence-electron chi connectivity index (χ3n) is 5.45. The van der Waals surface area contributed by atoms with Gasteiger partial charge in [0.15, 0.2) is 0 Å². The van der Waals surface area contributed by atoms with Crippen molar-refractivity contribution in [2.45, 2.75) is 45.2 Å². The van der Waals surface area contributed by atoms with E-state index >= 15 is 0 Å². The standard InChI is InChI=1S/C21H27N5O2/c1-3-28-21(27)25-12-9-17(10-13-25)23-20-22-11-8-19(24-20)26-15(2)14-16-6-4-5-7-18(16)26/h4-8,11,15,17H,3,9-10,12-14H2,1-2H3,(H,22,23,24). The van der Waals surface area contributed by atoms with Gasteiger partial charge in [-0.25, -0.2) is 9.78 Å². The molecule has 1 unspecified atom stereocenters. The van der Waals surface area contributed by atoms with Crippen LogP contribution < -0.4 is 10.2 Å². The van der Waals surface area contributed by atoms with E-state index in [2.05, 4.69) is 46.4 Å². The fraction of sp³-hybridized carbons (Fsp3) is 0.476. The first kappa shape index (κ1) is 18.5. The highest BCUT2D eigenvalue weighted by Gasteiger charge is 2.28. The molecule has 0 aliphatic carbocycles. The number of anilines is 3. The zero-order valence-electron chi connectivity index (χ0n) is 16.5. The van der Waals surface area contributed by atoms with Crippen LogP contribution in [0.5, 0.6) is 0 Å². The van der Waals surface area contributed by atoms with E-state index in [4.69, 9.17) is 9.72 Å². The van der Waals surface area contributed by atoms with E-state index < -0.39 is 0 Å². The zero-order valence-corrected chi connectivity index (χ0v) is 16.5. The number of hydrogen-bond donors (Lipinski definition) is 1. The molecule has 7 heteroatoms. The molecular weight excluding hydrogens is 354 g/mol. The summed E-state index contributed by atoms with van der Waals surface area (Å²) in [5.41, 5.74) is 2.58. The summed E-state index contributed by atoms with van der Waals surface area (Å²) < 4.78 is 5.08. The summed E-state index contributed by atoms with van der Waals surface area (Å²) in [6, 6.07) is 11.1. The Morgan fingerprint density at radius 3 is 2.82 bits per heavy atom. The van der Waals surface area contributed by atoms with Crippen molar-refractivity contribution >= 4 is 23.5 Å². The molecule has 1 saturated heterocycles. The predicted octanol–water partition coefficient (Wildman–Crippen LogP) is 3.59. The average molecular weight is 381 g/mol.